The zero-order valence-corrected chi connectivity index (χ0v) is 12.8. The number of rotatable bonds is 6. The van der Waals surface area contributed by atoms with Crippen molar-refractivity contribution in [2.75, 3.05) is 23.2 Å². The molecule has 0 saturated heterocycles. The van der Waals surface area contributed by atoms with E-state index in [2.05, 4.69) is 15.3 Å². The summed E-state index contributed by atoms with van der Waals surface area (Å²) < 4.78 is 26.1. The van der Waals surface area contributed by atoms with Gasteiger partial charge in [-0.25, -0.2) is 18.4 Å². The van der Waals surface area contributed by atoms with Crippen LogP contribution >= 0.6 is 0 Å². The highest BCUT2D eigenvalue weighted by Gasteiger charge is 2.22. The minimum Gasteiger partial charge on any atom is -0.370 e. The molecule has 0 aromatic carbocycles. The molecule has 112 valence electrons. The van der Waals surface area contributed by atoms with E-state index in [9.17, 15) is 8.42 Å². The topological polar surface area (TPSA) is 75.2 Å². The molecule has 7 heteroatoms. The fourth-order valence-corrected chi connectivity index (χ4v) is 2.81. The molecule has 0 saturated carbocycles. The highest BCUT2D eigenvalue weighted by atomic mass is 32.2. The van der Waals surface area contributed by atoms with Crippen LogP contribution in [0.1, 0.15) is 13.3 Å². The first kappa shape index (κ1) is 15.2. The van der Waals surface area contributed by atoms with E-state index < -0.39 is 10.0 Å². The van der Waals surface area contributed by atoms with Gasteiger partial charge in [0.05, 0.1) is 0 Å². The first-order valence-corrected chi connectivity index (χ1v) is 8.09. The first-order valence-electron chi connectivity index (χ1n) is 6.65. The highest BCUT2D eigenvalue weighted by Crippen LogP contribution is 2.19. The summed E-state index contributed by atoms with van der Waals surface area (Å²) >= 11 is 0. The van der Waals surface area contributed by atoms with Gasteiger partial charge in [0.25, 0.3) is 10.0 Å². The molecule has 0 aliphatic rings. The van der Waals surface area contributed by atoms with Crippen molar-refractivity contribution in [2.24, 2.45) is 0 Å². The van der Waals surface area contributed by atoms with E-state index in [1.807, 2.05) is 6.92 Å². The summed E-state index contributed by atoms with van der Waals surface area (Å²) in [6, 6.07) is 8.32. The lowest BCUT2D eigenvalue weighted by Gasteiger charge is -2.18. The lowest BCUT2D eigenvalue weighted by molar-refractivity contribution is 0.593. The number of hydrogen-bond donors (Lipinski definition) is 1. The molecule has 0 fully saturated rings. The standard InChI is InChI=1S/C14H18N4O2S/c1-3-9-15-13-8-7-12(11-17-13)21(19,20)18(2)14-6-4-5-10-16-14/h4-8,10-11H,3,9H2,1-2H3,(H,15,17). The van der Waals surface area contributed by atoms with Crippen LogP contribution in [0.2, 0.25) is 0 Å². The van der Waals surface area contributed by atoms with Crippen LogP contribution in [-0.4, -0.2) is 32.0 Å². The lowest BCUT2D eigenvalue weighted by Crippen LogP contribution is -2.27. The van der Waals surface area contributed by atoms with Crippen molar-refractivity contribution in [3.8, 4) is 0 Å². The first-order chi connectivity index (χ1) is 10.1. The van der Waals surface area contributed by atoms with E-state index in [4.69, 9.17) is 0 Å². The van der Waals surface area contributed by atoms with Crippen LogP contribution in [0.3, 0.4) is 0 Å². The number of nitrogens with one attached hydrogen (secondary N) is 1. The number of anilines is 2. The van der Waals surface area contributed by atoms with E-state index in [-0.39, 0.29) is 4.90 Å². The van der Waals surface area contributed by atoms with Gasteiger partial charge in [-0.2, -0.15) is 0 Å². The van der Waals surface area contributed by atoms with Gasteiger partial charge in [-0.3, -0.25) is 4.31 Å². The molecule has 0 radical (unpaired) electrons. The van der Waals surface area contributed by atoms with Crippen molar-refractivity contribution < 1.29 is 8.42 Å². The largest absolute Gasteiger partial charge is 0.370 e. The van der Waals surface area contributed by atoms with Crippen LogP contribution < -0.4 is 9.62 Å². The molecule has 21 heavy (non-hydrogen) atoms. The van der Waals surface area contributed by atoms with E-state index in [1.54, 1.807) is 36.5 Å². The molecule has 0 atom stereocenters. The van der Waals surface area contributed by atoms with E-state index in [1.165, 1.54) is 13.2 Å². The lowest BCUT2D eigenvalue weighted by atomic mass is 10.4. The van der Waals surface area contributed by atoms with Crippen molar-refractivity contribution in [3.05, 3.63) is 42.7 Å². The van der Waals surface area contributed by atoms with Gasteiger partial charge in [-0.1, -0.05) is 13.0 Å². The average Bonchev–Trinajstić information content (AvgIpc) is 2.53. The Bertz CT molecular complexity index is 672. The number of nitrogens with zero attached hydrogens (tertiary/aromatic N) is 3. The van der Waals surface area contributed by atoms with E-state index in [0.717, 1.165) is 17.3 Å². The monoisotopic (exact) mass is 306 g/mol. The van der Waals surface area contributed by atoms with Crippen LogP contribution in [0.15, 0.2) is 47.6 Å². The van der Waals surface area contributed by atoms with Gasteiger partial charge in [0.2, 0.25) is 0 Å². The SMILES string of the molecule is CCCNc1ccc(S(=O)(=O)N(C)c2ccccn2)cn1. The van der Waals surface area contributed by atoms with Gasteiger partial charge in [0.1, 0.15) is 16.5 Å². The predicted octanol–water partition coefficient (Wildman–Crippen LogP) is 2.12. The van der Waals surface area contributed by atoms with Gasteiger partial charge < -0.3 is 5.32 Å². The van der Waals surface area contributed by atoms with Crippen LogP contribution in [0.25, 0.3) is 0 Å². The van der Waals surface area contributed by atoms with Crippen molar-refractivity contribution in [2.45, 2.75) is 18.2 Å². The number of sulfonamides is 1. The normalized spacial score (nSPS) is 11.1. The van der Waals surface area contributed by atoms with Crippen molar-refractivity contribution in [1.82, 2.24) is 9.97 Å². The summed E-state index contributed by atoms with van der Waals surface area (Å²) in [5.41, 5.74) is 0. The Morgan fingerprint density at radius 2 is 2.00 bits per heavy atom. The molecule has 0 aliphatic heterocycles. The summed E-state index contributed by atoms with van der Waals surface area (Å²) in [6.45, 7) is 2.85. The second-order valence-corrected chi connectivity index (χ2v) is 6.44. The molecule has 2 aromatic heterocycles. The van der Waals surface area contributed by atoms with Gasteiger partial charge >= 0.3 is 0 Å². The summed E-state index contributed by atoms with van der Waals surface area (Å²) in [4.78, 5) is 8.30. The molecule has 0 spiro atoms. The van der Waals surface area contributed by atoms with Gasteiger partial charge in [0.15, 0.2) is 0 Å². The molecule has 2 rings (SSSR count). The second kappa shape index (κ2) is 6.53. The Hall–Kier alpha value is -2.15. The molecule has 0 aliphatic carbocycles. The minimum absolute atomic E-state index is 0.137. The summed E-state index contributed by atoms with van der Waals surface area (Å²) in [7, 11) is -2.18. The third-order valence-corrected chi connectivity index (χ3v) is 4.67. The minimum atomic E-state index is -3.65. The van der Waals surface area contributed by atoms with Gasteiger partial charge in [-0.05, 0) is 30.7 Å². The smallest absolute Gasteiger partial charge is 0.266 e. The zero-order chi connectivity index (χ0) is 15.3. The molecule has 0 unspecified atom stereocenters. The summed E-state index contributed by atoms with van der Waals surface area (Å²) in [5.74, 6) is 1.03. The number of pyridine rings is 2. The molecule has 2 aromatic rings. The van der Waals surface area contributed by atoms with Crippen LogP contribution in [0, 0.1) is 0 Å². The fraction of sp³-hybridized carbons (Fsp3) is 0.286. The molecular weight excluding hydrogens is 288 g/mol. The van der Waals surface area contributed by atoms with Crippen molar-refractivity contribution in [3.63, 3.8) is 0 Å². The third-order valence-electron chi connectivity index (χ3n) is 2.92. The number of hydrogen-bond acceptors (Lipinski definition) is 5. The molecular formula is C14H18N4O2S. The Kier molecular flexibility index (Phi) is 4.74. The fourth-order valence-electron chi connectivity index (χ4n) is 1.71. The third kappa shape index (κ3) is 3.49. The summed E-state index contributed by atoms with van der Waals surface area (Å²) in [6.07, 6.45) is 3.88. The molecule has 6 nitrogen and oxygen atoms in total. The molecule has 1 N–H and O–H groups in total. The quantitative estimate of drug-likeness (QED) is 0.885. The Balaban J connectivity index is 2.23. The Labute approximate surface area is 124 Å². The van der Waals surface area contributed by atoms with Crippen molar-refractivity contribution >= 4 is 21.7 Å². The van der Waals surface area contributed by atoms with Gasteiger partial charge in [-0.15, -0.1) is 0 Å². The second-order valence-electron chi connectivity index (χ2n) is 4.47. The van der Waals surface area contributed by atoms with E-state index in [0.29, 0.717) is 11.6 Å². The van der Waals surface area contributed by atoms with E-state index >= 15 is 0 Å². The molecule has 0 amide bonds. The average molecular weight is 306 g/mol. The highest BCUT2D eigenvalue weighted by molar-refractivity contribution is 7.92. The molecule has 0 bridgehead atoms. The maximum atomic E-state index is 12.5. The Morgan fingerprint density at radius 1 is 1.19 bits per heavy atom. The maximum absolute atomic E-state index is 12.5. The Morgan fingerprint density at radius 3 is 2.57 bits per heavy atom. The van der Waals surface area contributed by atoms with Crippen LogP contribution in [0.4, 0.5) is 11.6 Å². The summed E-state index contributed by atoms with van der Waals surface area (Å²) in [5, 5.41) is 3.10. The molecule has 2 heterocycles. The van der Waals surface area contributed by atoms with Crippen LogP contribution in [-0.2, 0) is 10.0 Å². The predicted molar refractivity (Wildman–Crippen MR) is 82.8 cm³/mol. The zero-order valence-electron chi connectivity index (χ0n) is 12.0. The van der Waals surface area contributed by atoms with Gasteiger partial charge in [0, 0.05) is 26.0 Å². The van der Waals surface area contributed by atoms with Crippen LogP contribution in [0.5, 0.6) is 0 Å². The number of aromatic nitrogens is 2. The van der Waals surface area contributed by atoms with Crippen molar-refractivity contribution in [1.29, 1.82) is 0 Å². The maximum Gasteiger partial charge on any atom is 0.266 e.